The Hall–Kier alpha value is -1.55. The Kier molecular flexibility index (Phi) is 4.88. The molecule has 0 aliphatic carbocycles. The van der Waals surface area contributed by atoms with E-state index in [-0.39, 0.29) is 0 Å². The molecule has 0 radical (unpaired) electrons. The molecule has 1 aromatic carbocycles. The van der Waals surface area contributed by atoms with E-state index in [0.717, 1.165) is 24.4 Å². The highest BCUT2D eigenvalue weighted by atomic mass is 16.5. The zero-order valence-corrected chi connectivity index (χ0v) is 13.3. The van der Waals surface area contributed by atoms with Crippen LogP contribution in [-0.2, 0) is 6.54 Å². The maximum Gasteiger partial charge on any atom is 0.335 e. The van der Waals surface area contributed by atoms with Crippen molar-refractivity contribution in [2.75, 3.05) is 13.7 Å². The molecule has 0 spiro atoms. The lowest BCUT2D eigenvalue weighted by atomic mass is 9.85. The Morgan fingerprint density at radius 2 is 2.10 bits per heavy atom. The average Bonchev–Trinajstić information content (AvgIpc) is 2.44. The summed E-state index contributed by atoms with van der Waals surface area (Å²) in [5.41, 5.74) is 1.27. The first-order valence-electron chi connectivity index (χ1n) is 7.56. The maximum atomic E-state index is 11.2. The van der Waals surface area contributed by atoms with Crippen LogP contribution < -0.4 is 4.74 Å². The van der Waals surface area contributed by atoms with Gasteiger partial charge in [0.05, 0.1) is 12.7 Å². The fourth-order valence-corrected chi connectivity index (χ4v) is 3.30. The highest BCUT2D eigenvalue weighted by molar-refractivity contribution is 5.88. The molecule has 0 bridgehead atoms. The third kappa shape index (κ3) is 3.56. The van der Waals surface area contributed by atoms with Crippen molar-refractivity contribution < 1.29 is 14.6 Å². The molecule has 0 aromatic heterocycles. The number of nitrogens with zero attached hydrogens (tertiary/aromatic N) is 1. The first-order valence-corrected chi connectivity index (χ1v) is 7.56. The van der Waals surface area contributed by atoms with E-state index in [0.29, 0.717) is 23.4 Å². The maximum absolute atomic E-state index is 11.2. The molecule has 1 heterocycles. The van der Waals surface area contributed by atoms with Gasteiger partial charge in [0.1, 0.15) is 5.75 Å². The van der Waals surface area contributed by atoms with E-state index in [2.05, 4.69) is 25.7 Å². The van der Waals surface area contributed by atoms with E-state index in [9.17, 15) is 4.79 Å². The Morgan fingerprint density at radius 1 is 1.38 bits per heavy atom. The third-order valence-corrected chi connectivity index (χ3v) is 4.62. The summed E-state index contributed by atoms with van der Waals surface area (Å²) in [6, 6.07) is 5.58. The Bertz CT molecular complexity index is 515. The number of likely N-dealkylation sites (tertiary alicyclic amines) is 1. The van der Waals surface area contributed by atoms with Crippen LogP contribution in [0.3, 0.4) is 0 Å². The van der Waals surface area contributed by atoms with Gasteiger partial charge in [-0.1, -0.05) is 13.8 Å². The Labute approximate surface area is 126 Å². The number of hydrogen-bond acceptors (Lipinski definition) is 3. The van der Waals surface area contributed by atoms with Crippen LogP contribution in [0.2, 0.25) is 0 Å². The van der Waals surface area contributed by atoms with Crippen molar-refractivity contribution in [3.63, 3.8) is 0 Å². The number of ether oxygens (including phenoxy) is 1. The van der Waals surface area contributed by atoms with Gasteiger partial charge in [0.25, 0.3) is 0 Å². The molecule has 3 unspecified atom stereocenters. The van der Waals surface area contributed by atoms with Crippen molar-refractivity contribution in [1.82, 2.24) is 4.90 Å². The molecule has 21 heavy (non-hydrogen) atoms. The lowest BCUT2D eigenvalue weighted by molar-refractivity contribution is 0.0690. The van der Waals surface area contributed by atoms with Gasteiger partial charge in [-0.3, -0.25) is 4.90 Å². The molecule has 0 amide bonds. The monoisotopic (exact) mass is 291 g/mol. The van der Waals surface area contributed by atoms with E-state index in [1.807, 2.05) is 0 Å². The van der Waals surface area contributed by atoms with Gasteiger partial charge < -0.3 is 9.84 Å². The minimum absolute atomic E-state index is 0.316. The van der Waals surface area contributed by atoms with Gasteiger partial charge in [-0.15, -0.1) is 0 Å². The molecule has 1 N–H and O–H groups in total. The third-order valence-electron chi connectivity index (χ3n) is 4.62. The molecule has 1 aromatic rings. The van der Waals surface area contributed by atoms with Crippen LogP contribution in [0, 0.1) is 11.8 Å². The van der Waals surface area contributed by atoms with Crippen molar-refractivity contribution in [3.8, 4) is 5.75 Å². The first-order chi connectivity index (χ1) is 9.92. The summed E-state index contributed by atoms with van der Waals surface area (Å²) in [4.78, 5) is 13.6. The highest BCUT2D eigenvalue weighted by Gasteiger charge is 2.29. The van der Waals surface area contributed by atoms with Crippen molar-refractivity contribution >= 4 is 5.97 Å². The van der Waals surface area contributed by atoms with Crippen LogP contribution in [0.1, 0.15) is 43.1 Å². The highest BCUT2D eigenvalue weighted by Crippen LogP contribution is 2.30. The molecule has 1 aliphatic heterocycles. The largest absolute Gasteiger partial charge is 0.496 e. The predicted molar refractivity (Wildman–Crippen MR) is 82.8 cm³/mol. The number of benzene rings is 1. The summed E-state index contributed by atoms with van der Waals surface area (Å²) in [6.45, 7) is 8.61. The molecule has 2 rings (SSSR count). The van der Waals surface area contributed by atoms with Crippen molar-refractivity contribution in [1.29, 1.82) is 0 Å². The van der Waals surface area contributed by atoms with Crippen LogP contribution in [-0.4, -0.2) is 35.7 Å². The standard InChI is InChI=1S/C17H25NO3/c1-11-7-12(2)13(3)18(9-11)10-15-8-14(17(19)20)5-6-16(15)21-4/h5-6,8,11-13H,7,9-10H2,1-4H3,(H,19,20). The molecule has 1 saturated heterocycles. The summed E-state index contributed by atoms with van der Waals surface area (Å²) < 4.78 is 5.39. The Morgan fingerprint density at radius 3 is 2.71 bits per heavy atom. The zero-order chi connectivity index (χ0) is 15.6. The van der Waals surface area contributed by atoms with Crippen molar-refractivity contribution in [3.05, 3.63) is 29.3 Å². The topological polar surface area (TPSA) is 49.8 Å². The van der Waals surface area contributed by atoms with Crippen LogP contribution in [0.15, 0.2) is 18.2 Å². The molecular formula is C17H25NO3. The molecule has 0 saturated carbocycles. The molecule has 4 nitrogen and oxygen atoms in total. The number of methoxy groups -OCH3 is 1. The minimum atomic E-state index is -0.896. The van der Waals surface area contributed by atoms with E-state index >= 15 is 0 Å². The summed E-state index contributed by atoms with van der Waals surface area (Å²) >= 11 is 0. The molecule has 1 fully saturated rings. The van der Waals surface area contributed by atoms with Gasteiger partial charge >= 0.3 is 5.97 Å². The summed E-state index contributed by atoms with van der Waals surface area (Å²) in [5.74, 6) is 1.19. The van der Waals surface area contributed by atoms with Crippen LogP contribution in [0.25, 0.3) is 0 Å². The second-order valence-electron chi connectivity index (χ2n) is 6.32. The molecule has 1 aliphatic rings. The van der Waals surface area contributed by atoms with Crippen molar-refractivity contribution in [2.45, 2.75) is 39.8 Å². The minimum Gasteiger partial charge on any atom is -0.496 e. The SMILES string of the molecule is COc1ccc(C(=O)O)cc1CN1CC(C)CC(C)C1C. The van der Waals surface area contributed by atoms with Gasteiger partial charge in [-0.2, -0.15) is 0 Å². The van der Waals surface area contributed by atoms with E-state index in [1.165, 1.54) is 6.42 Å². The van der Waals surface area contributed by atoms with Gasteiger partial charge in [0.15, 0.2) is 0 Å². The number of carboxylic acids is 1. The number of hydrogen-bond donors (Lipinski definition) is 1. The van der Waals surface area contributed by atoms with Crippen LogP contribution >= 0.6 is 0 Å². The van der Waals surface area contributed by atoms with Crippen LogP contribution in [0.5, 0.6) is 5.75 Å². The number of piperidine rings is 1. The van der Waals surface area contributed by atoms with E-state index in [1.54, 1.807) is 25.3 Å². The van der Waals surface area contributed by atoms with Crippen LogP contribution in [0.4, 0.5) is 0 Å². The van der Waals surface area contributed by atoms with E-state index < -0.39 is 5.97 Å². The first kappa shape index (κ1) is 15.8. The fraction of sp³-hybridized carbons (Fsp3) is 0.588. The van der Waals surface area contributed by atoms with Gasteiger partial charge in [-0.25, -0.2) is 4.79 Å². The number of carbonyl (C=O) groups is 1. The normalized spacial score (nSPS) is 26.6. The van der Waals surface area contributed by atoms with Gasteiger partial charge in [-0.05, 0) is 43.4 Å². The number of rotatable bonds is 4. The lowest BCUT2D eigenvalue weighted by Gasteiger charge is -2.41. The Balaban J connectivity index is 2.24. The zero-order valence-electron chi connectivity index (χ0n) is 13.3. The number of aromatic carboxylic acids is 1. The number of carboxylic acid groups (broad SMARTS) is 1. The summed E-state index contributed by atoms with van der Waals surface area (Å²) in [6.07, 6.45) is 1.25. The van der Waals surface area contributed by atoms with Gasteiger partial charge in [0.2, 0.25) is 0 Å². The van der Waals surface area contributed by atoms with Crippen molar-refractivity contribution in [2.24, 2.45) is 11.8 Å². The fourth-order valence-electron chi connectivity index (χ4n) is 3.30. The quantitative estimate of drug-likeness (QED) is 0.925. The lowest BCUT2D eigenvalue weighted by Crippen LogP contribution is -2.45. The molecular weight excluding hydrogens is 266 g/mol. The summed E-state index contributed by atoms with van der Waals surface area (Å²) in [7, 11) is 1.63. The molecule has 4 heteroatoms. The smallest absolute Gasteiger partial charge is 0.335 e. The average molecular weight is 291 g/mol. The van der Waals surface area contributed by atoms with Gasteiger partial charge in [0, 0.05) is 24.7 Å². The second kappa shape index (κ2) is 6.48. The summed E-state index contributed by atoms with van der Waals surface area (Å²) in [5, 5.41) is 9.16. The second-order valence-corrected chi connectivity index (χ2v) is 6.32. The molecule has 116 valence electrons. The molecule has 3 atom stereocenters. The van der Waals surface area contributed by atoms with E-state index in [4.69, 9.17) is 9.84 Å². The predicted octanol–water partition coefficient (Wildman–Crippen LogP) is 3.26.